The van der Waals surface area contributed by atoms with Crippen LogP contribution in [0.1, 0.15) is 31.4 Å². The van der Waals surface area contributed by atoms with Crippen molar-refractivity contribution in [3.05, 3.63) is 35.9 Å². The third-order valence-electron chi connectivity index (χ3n) is 2.16. The van der Waals surface area contributed by atoms with Crippen LogP contribution in [0.3, 0.4) is 0 Å². The van der Waals surface area contributed by atoms with Gasteiger partial charge in [-0.1, -0.05) is 37.3 Å². The van der Waals surface area contributed by atoms with Crippen LogP contribution < -0.4 is 5.32 Å². The van der Waals surface area contributed by atoms with E-state index in [1.807, 2.05) is 18.2 Å². The Kier molecular flexibility index (Phi) is 4.82. The first-order valence-electron chi connectivity index (χ1n) is 5.10. The van der Waals surface area contributed by atoms with E-state index in [0.29, 0.717) is 6.04 Å². The van der Waals surface area contributed by atoms with Crippen LogP contribution in [0.15, 0.2) is 30.3 Å². The lowest BCUT2D eigenvalue weighted by Crippen LogP contribution is -2.21. The van der Waals surface area contributed by atoms with Crippen LogP contribution in [-0.4, -0.2) is 6.54 Å². The summed E-state index contributed by atoms with van der Waals surface area (Å²) >= 11 is 0. The van der Waals surface area contributed by atoms with E-state index in [9.17, 15) is 0 Å². The second-order valence-electron chi connectivity index (χ2n) is 3.33. The van der Waals surface area contributed by atoms with E-state index in [1.165, 1.54) is 5.56 Å². The summed E-state index contributed by atoms with van der Waals surface area (Å²) < 4.78 is 0. The monoisotopic (exact) mass is 187 g/mol. The molecule has 0 aliphatic rings. The van der Waals surface area contributed by atoms with E-state index in [2.05, 4.69) is 30.3 Å². The Morgan fingerprint density at radius 3 is 2.64 bits per heavy atom. The van der Waals surface area contributed by atoms with E-state index in [1.54, 1.807) is 0 Å². The molecule has 0 aromatic heterocycles. The maximum Gasteiger partial charge on any atom is 0.0430 e. The first-order valence-corrected chi connectivity index (χ1v) is 5.10. The molecule has 0 heterocycles. The third kappa shape index (κ3) is 3.24. The Bertz CT molecular complexity index is 284. The number of terminal acetylenes is 1. The second kappa shape index (κ2) is 6.23. The topological polar surface area (TPSA) is 12.0 Å². The van der Waals surface area contributed by atoms with Crippen molar-refractivity contribution in [2.45, 2.75) is 25.8 Å². The van der Waals surface area contributed by atoms with E-state index >= 15 is 0 Å². The fraction of sp³-hybridized carbons (Fsp3) is 0.385. The fourth-order valence-electron chi connectivity index (χ4n) is 1.43. The van der Waals surface area contributed by atoms with Crippen molar-refractivity contribution < 1.29 is 0 Å². The molecule has 1 rings (SSSR count). The summed E-state index contributed by atoms with van der Waals surface area (Å²) in [6, 6.07) is 10.7. The molecule has 0 amide bonds. The lowest BCUT2D eigenvalue weighted by molar-refractivity contribution is 0.542. The summed E-state index contributed by atoms with van der Waals surface area (Å²) in [4.78, 5) is 0. The summed E-state index contributed by atoms with van der Waals surface area (Å²) in [6.07, 6.45) is 7.24. The van der Waals surface area contributed by atoms with Gasteiger partial charge in [-0.2, -0.15) is 0 Å². The fourth-order valence-corrected chi connectivity index (χ4v) is 1.43. The van der Waals surface area contributed by atoms with E-state index in [-0.39, 0.29) is 0 Å². The van der Waals surface area contributed by atoms with Crippen LogP contribution in [0.4, 0.5) is 0 Å². The van der Waals surface area contributed by atoms with Gasteiger partial charge >= 0.3 is 0 Å². The normalized spacial score (nSPS) is 12.0. The van der Waals surface area contributed by atoms with Crippen molar-refractivity contribution >= 4 is 0 Å². The van der Waals surface area contributed by atoms with Crippen LogP contribution in [0, 0.1) is 12.3 Å². The van der Waals surface area contributed by atoms with E-state index < -0.39 is 0 Å². The zero-order valence-electron chi connectivity index (χ0n) is 8.66. The predicted octanol–water partition coefficient (Wildman–Crippen LogP) is 2.75. The first kappa shape index (κ1) is 10.8. The van der Waals surface area contributed by atoms with Crippen molar-refractivity contribution in [3.63, 3.8) is 0 Å². The molecule has 1 atom stereocenters. The minimum absolute atomic E-state index is 0.307. The highest BCUT2D eigenvalue weighted by atomic mass is 14.9. The average Bonchev–Trinajstić information content (AvgIpc) is 2.25. The van der Waals surface area contributed by atoms with Gasteiger partial charge in [-0.05, 0) is 18.5 Å². The second-order valence-corrected chi connectivity index (χ2v) is 3.33. The quantitative estimate of drug-likeness (QED) is 0.699. The molecule has 0 fully saturated rings. The molecule has 0 spiro atoms. The van der Waals surface area contributed by atoms with Crippen LogP contribution in [0.5, 0.6) is 0 Å². The molecule has 0 aliphatic heterocycles. The van der Waals surface area contributed by atoms with Gasteiger partial charge in [-0.3, -0.25) is 0 Å². The van der Waals surface area contributed by atoms with Gasteiger partial charge in [0.25, 0.3) is 0 Å². The Hall–Kier alpha value is -1.26. The smallest absolute Gasteiger partial charge is 0.0430 e. The van der Waals surface area contributed by atoms with Crippen LogP contribution in [0.25, 0.3) is 0 Å². The molecule has 0 aliphatic carbocycles. The Balaban J connectivity index is 2.63. The molecule has 1 aromatic carbocycles. The van der Waals surface area contributed by atoms with Gasteiger partial charge < -0.3 is 5.32 Å². The average molecular weight is 187 g/mol. The summed E-state index contributed by atoms with van der Waals surface area (Å²) in [5.74, 6) is 2.71. The van der Waals surface area contributed by atoms with Crippen molar-refractivity contribution in [2.24, 2.45) is 0 Å². The summed E-state index contributed by atoms with van der Waals surface area (Å²) in [5.41, 5.74) is 1.28. The van der Waals surface area contributed by atoms with Gasteiger partial charge in [0.2, 0.25) is 0 Å². The molecule has 1 unspecified atom stereocenters. The Morgan fingerprint density at radius 2 is 2.07 bits per heavy atom. The van der Waals surface area contributed by atoms with Crippen LogP contribution in [-0.2, 0) is 0 Å². The number of hydrogen-bond acceptors (Lipinski definition) is 1. The molecule has 14 heavy (non-hydrogen) atoms. The SMILES string of the molecule is C#CCC(NCCC)c1ccccc1. The molecule has 74 valence electrons. The number of rotatable bonds is 5. The maximum atomic E-state index is 5.35. The minimum Gasteiger partial charge on any atom is -0.309 e. The molecule has 1 N–H and O–H groups in total. The molecular formula is C13H17N. The van der Waals surface area contributed by atoms with Gasteiger partial charge in [0.05, 0.1) is 0 Å². The van der Waals surface area contributed by atoms with Gasteiger partial charge in [0.1, 0.15) is 0 Å². The number of benzene rings is 1. The van der Waals surface area contributed by atoms with Crippen molar-refractivity contribution in [1.82, 2.24) is 5.32 Å². The highest BCUT2D eigenvalue weighted by Crippen LogP contribution is 2.15. The molecule has 0 saturated heterocycles. The van der Waals surface area contributed by atoms with Crippen molar-refractivity contribution in [3.8, 4) is 12.3 Å². The highest BCUT2D eigenvalue weighted by Gasteiger charge is 2.07. The standard InChI is InChI=1S/C13H17N/c1-3-8-13(14-11-4-2)12-9-6-5-7-10-12/h1,5-7,9-10,13-14H,4,8,11H2,2H3. The predicted molar refractivity (Wildman–Crippen MR) is 60.9 cm³/mol. The number of nitrogens with one attached hydrogen (secondary N) is 1. The zero-order valence-corrected chi connectivity index (χ0v) is 8.66. The van der Waals surface area contributed by atoms with E-state index in [0.717, 1.165) is 19.4 Å². The van der Waals surface area contributed by atoms with Gasteiger partial charge in [-0.15, -0.1) is 12.3 Å². The summed E-state index contributed by atoms with van der Waals surface area (Å²) in [5, 5.41) is 3.44. The van der Waals surface area contributed by atoms with Crippen molar-refractivity contribution in [2.75, 3.05) is 6.54 Å². The molecule has 0 saturated carbocycles. The van der Waals surface area contributed by atoms with Crippen LogP contribution in [0.2, 0.25) is 0 Å². The molecule has 1 heteroatoms. The third-order valence-corrected chi connectivity index (χ3v) is 2.16. The summed E-state index contributed by atoms with van der Waals surface area (Å²) in [6.45, 7) is 3.17. The molecule has 1 nitrogen and oxygen atoms in total. The van der Waals surface area contributed by atoms with Gasteiger partial charge in [0, 0.05) is 12.5 Å². The molecular weight excluding hydrogens is 170 g/mol. The lowest BCUT2D eigenvalue weighted by atomic mass is 10.0. The van der Waals surface area contributed by atoms with Crippen molar-refractivity contribution in [1.29, 1.82) is 0 Å². The van der Waals surface area contributed by atoms with Gasteiger partial charge in [-0.25, -0.2) is 0 Å². The van der Waals surface area contributed by atoms with E-state index in [4.69, 9.17) is 6.42 Å². The Morgan fingerprint density at radius 1 is 1.36 bits per heavy atom. The Labute approximate surface area is 86.5 Å². The first-order chi connectivity index (χ1) is 6.88. The highest BCUT2D eigenvalue weighted by molar-refractivity contribution is 5.20. The lowest BCUT2D eigenvalue weighted by Gasteiger charge is -2.16. The zero-order chi connectivity index (χ0) is 10.2. The largest absolute Gasteiger partial charge is 0.309 e. The molecule has 0 bridgehead atoms. The minimum atomic E-state index is 0.307. The number of hydrogen-bond donors (Lipinski definition) is 1. The summed E-state index contributed by atoms with van der Waals surface area (Å²) in [7, 11) is 0. The van der Waals surface area contributed by atoms with Gasteiger partial charge in [0.15, 0.2) is 0 Å². The molecule has 0 radical (unpaired) electrons. The van der Waals surface area contributed by atoms with Crippen LogP contribution >= 0.6 is 0 Å². The molecule has 1 aromatic rings. The maximum absolute atomic E-state index is 5.35.